The molecule has 0 radical (unpaired) electrons. The topological polar surface area (TPSA) is 75.6 Å². The van der Waals surface area contributed by atoms with E-state index in [9.17, 15) is 14.7 Å². The highest BCUT2D eigenvalue weighted by Crippen LogP contribution is 2.44. The molecule has 1 heterocycles. The molecule has 7 heteroatoms. The van der Waals surface area contributed by atoms with Gasteiger partial charge in [-0.05, 0) is 42.3 Å². The van der Waals surface area contributed by atoms with Gasteiger partial charge in [-0.25, -0.2) is 4.79 Å². The lowest BCUT2D eigenvalue weighted by Crippen LogP contribution is -2.27. The molecule has 0 saturated carbocycles. The van der Waals surface area contributed by atoms with E-state index in [0.717, 1.165) is 5.56 Å². The minimum absolute atomic E-state index is 0.270. The number of ether oxygens (including phenoxy) is 1. The van der Waals surface area contributed by atoms with E-state index in [1.54, 1.807) is 20.8 Å². The van der Waals surface area contributed by atoms with Gasteiger partial charge in [0.1, 0.15) is 17.2 Å². The number of nitrogens with one attached hydrogen (secondary N) is 1. The molecule has 1 aromatic carbocycles. The quantitative estimate of drug-likeness (QED) is 0.714. The minimum Gasteiger partial charge on any atom is -0.444 e. The minimum atomic E-state index is -0.651. The van der Waals surface area contributed by atoms with Crippen molar-refractivity contribution < 1.29 is 19.4 Å². The zero-order valence-electron chi connectivity index (χ0n) is 13.6. The van der Waals surface area contributed by atoms with Crippen molar-refractivity contribution in [3.63, 3.8) is 0 Å². The zero-order chi connectivity index (χ0) is 17.9. The van der Waals surface area contributed by atoms with Gasteiger partial charge in [-0.1, -0.05) is 30.3 Å². The summed E-state index contributed by atoms with van der Waals surface area (Å²) in [6.07, 6.45) is -0.650. The summed E-state index contributed by atoms with van der Waals surface area (Å²) in [7, 11) is 0. The van der Waals surface area contributed by atoms with Crippen molar-refractivity contribution in [2.75, 3.05) is 11.9 Å². The number of aliphatic hydroxyl groups excluding tert-OH is 1. The van der Waals surface area contributed by atoms with Crippen LogP contribution in [0.4, 0.5) is 9.80 Å². The number of halogens is 1. The van der Waals surface area contributed by atoms with Crippen LogP contribution in [0.1, 0.15) is 31.1 Å². The molecule has 5 nitrogen and oxygen atoms in total. The average molecular weight is 412 g/mol. The molecular weight excluding hydrogens is 394 g/mol. The molecule has 1 aromatic heterocycles. The Hall–Kier alpha value is -1.70. The first-order chi connectivity index (χ1) is 11.2. The number of benzene rings is 1. The summed E-state index contributed by atoms with van der Waals surface area (Å²) in [4.78, 5) is 24.3. The third-order valence-corrected chi connectivity index (χ3v) is 4.74. The molecule has 0 aliphatic rings. The molecule has 0 aliphatic carbocycles. The molecule has 128 valence electrons. The summed E-state index contributed by atoms with van der Waals surface area (Å²) in [5.41, 5.74) is 1.08. The van der Waals surface area contributed by atoms with Crippen LogP contribution >= 0.6 is 27.3 Å². The molecule has 0 fully saturated rings. The van der Waals surface area contributed by atoms with E-state index >= 15 is 0 Å². The van der Waals surface area contributed by atoms with Crippen molar-refractivity contribution >= 4 is 44.1 Å². The van der Waals surface area contributed by atoms with E-state index < -0.39 is 24.1 Å². The summed E-state index contributed by atoms with van der Waals surface area (Å²) < 4.78 is 5.92. The second kappa shape index (κ2) is 7.46. The van der Waals surface area contributed by atoms with Gasteiger partial charge in [0.25, 0.3) is 0 Å². The molecule has 0 saturated heterocycles. The van der Waals surface area contributed by atoms with E-state index in [1.807, 2.05) is 30.3 Å². The number of carbonyl (C=O) groups is 2. The number of Topliss-reactive ketones (excluding diaryl/α,β-unsaturated/α-hetero) is 1. The van der Waals surface area contributed by atoms with Gasteiger partial charge < -0.3 is 9.84 Å². The summed E-state index contributed by atoms with van der Waals surface area (Å²) in [5.74, 6) is -0.470. The van der Waals surface area contributed by atoms with Crippen LogP contribution in [0.2, 0.25) is 0 Å². The van der Waals surface area contributed by atoms with Gasteiger partial charge in [0.2, 0.25) is 0 Å². The molecular formula is C17H18BrNO4S. The Morgan fingerprint density at radius 2 is 1.88 bits per heavy atom. The monoisotopic (exact) mass is 411 g/mol. The van der Waals surface area contributed by atoms with Gasteiger partial charge >= 0.3 is 6.09 Å². The predicted molar refractivity (Wildman–Crippen MR) is 98.7 cm³/mol. The number of amides is 1. The number of ketones is 1. The first-order valence-electron chi connectivity index (χ1n) is 7.24. The SMILES string of the molecule is CC(C)(C)OC(=O)Nc1sc(Br)c(-c2ccccc2)c1C(=O)CO. The number of hydrogen-bond donors (Lipinski definition) is 2. The standard InChI is InChI=1S/C17H18BrNO4S/c1-17(2,3)23-16(22)19-15-13(11(21)9-20)12(14(18)24-15)10-7-5-4-6-8-10/h4-8,20H,9H2,1-3H3,(H,19,22). The van der Waals surface area contributed by atoms with Crippen LogP contribution < -0.4 is 5.32 Å². The van der Waals surface area contributed by atoms with Crippen molar-refractivity contribution in [1.82, 2.24) is 0 Å². The highest BCUT2D eigenvalue weighted by molar-refractivity contribution is 9.11. The molecule has 0 bridgehead atoms. The highest BCUT2D eigenvalue weighted by Gasteiger charge is 2.26. The van der Waals surface area contributed by atoms with Crippen molar-refractivity contribution in [2.24, 2.45) is 0 Å². The van der Waals surface area contributed by atoms with Crippen LogP contribution in [-0.4, -0.2) is 29.2 Å². The summed E-state index contributed by atoms with van der Waals surface area (Å²) in [6, 6.07) is 9.30. The third kappa shape index (κ3) is 4.43. The molecule has 0 atom stereocenters. The van der Waals surface area contributed by atoms with Gasteiger partial charge in [-0.3, -0.25) is 10.1 Å². The van der Waals surface area contributed by atoms with Gasteiger partial charge in [0.15, 0.2) is 5.78 Å². The van der Waals surface area contributed by atoms with Gasteiger partial charge in [0.05, 0.1) is 9.35 Å². The molecule has 2 N–H and O–H groups in total. The summed E-state index contributed by atoms with van der Waals surface area (Å²) in [5, 5.41) is 12.3. The molecule has 1 amide bonds. The van der Waals surface area contributed by atoms with E-state index in [1.165, 1.54) is 11.3 Å². The Morgan fingerprint density at radius 3 is 2.42 bits per heavy atom. The number of anilines is 1. The van der Waals surface area contributed by atoms with E-state index in [0.29, 0.717) is 14.4 Å². The Balaban J connectivity index is 2.46. The average Bonchev–Trinajstić information content (AvgIpc) is 2.81. The summed E-state index contributed by atoms with van der Waals surface area (Å²) in [6.45, 7) is 4.62. The van der Waals surface area contributed by atoms with Crippen LogP contribution in [0.5, 0.6) is 0 Å². The van der Waals surface area contributed by atoms with Crippen LogP contribution in [0.15, 0.2) is 34.1 Å². The number of carbonyl (C=O) groups excluding carboxylic acids is 2. The molecule has 0 spiro atoms. The Bertz CT molecular complexity index is 750. The third-order valence-electron chi connectivity index (χ3n) is 2.96. The van der Waals surface area contributed by atoms with Crippen molar-refractivity contribution in [1.29, 1.82) is 0 Å². The van der Waals surface area contributed by atoms with Gasteiger partial charge in [-0.2, -0.15) is 0 Å². The zero-order valence-corrected chi connectivity index (χ0v) is 16.0. The Kier molecular flexibility index (Phi) is 5.79. The highest BCUT2D eigenvalue weighted by atomic mass is 79.9. The molecule has 0 unspecified atom stereocenters. The first kappa shape index (κ1) is 18.6. The largest absolute Gasteiger partial charge is 0.444 e. The van der Waals surface area contributed by atoms with Crippen LogP contribution in [0.25, 0.3) is 11.1 Å². The Morgan fingerprint density at radius 1 is 1.25 bits per heavy atom. The number of hydrogen-bond acceptors (Lipinski definition) is 5. The maximum atomic E-state index is 12.3. The van der Waals surface area contributed by atoms with Crippen molar-refractivity contribution in [2.45, 2.75) is 26.4 Å². The maximum Gasteiger partial charge on any atom is 0.412 e. The van der Waals surface area contributed by atoms with E-state index in [2.05, 4.69) is 21.2 Å². The van der Waals surface area contributed by atoms with Crippen molar-refractivity contribution in [3.8, 4) is 11.1 Å². The fourth-order valence-electron chi connectivity index (χ4n) is 2.10. The lowest BCUT2D eigenvalue weighted by molar-refractivity contribution is 0.0636. The Labute approximate surface area is 152 Å². The maximum absolute atomic E-state index is 12.3. The number of rotatable bonds is 4. The first-order valence-corrected chi connectivity index (χ1v) is 8.85. The molecule has 24 heavy (non-hydrogen) atoms. The van der Waals surface area contributed by atoms with E-state index in [4.69, 9.17) is 4.74 Å². The second-order valence-electron chi connectivity index (χ2n) is 6.03. The number of aliphatic hydroxyl groups is 1. The van der Waals surface area contributed by atoms with E-state index in [-0.39, 0.29) is 5.56 Å². The molecule has 2 rings (SSSR count). The smallest absolute Gasteiger partial charge is 0.412 e. The molecule has 2 aromatic rings. The van der Waals surface area contributed by atoms with Crippen molar-refractivity contribution in [3.05, 3.63) is 39.7 Å². The van der Waals surface area contributed by atoms with Crippen LogP contribution in [-0.2, 0) is 4.74 Å². The van der Waals surface area contributed by atoms with Gasteiger partial charge in [-0.15, -0.1) is 11.3 Å². The fourth-order valence-corrected chi connectivity index (χ4v) is 3.96. The lowest BCUT2D eigenvalue weighted by atomic mass is 10.0. The second-order valence-corrected chi connectivity index (χ2v) is 8.37. The van der Waals surface area contributed by atoms with Crippen LogP contribution in [0, 0.1) is 0 Å². The number of thiophene rings is 1. The fraction of sp³-hybridized carbons (Fsp3) is 0.294. The summed E-state index contributed by atoms with van der Waals surface area (Å²) >= 11 is 4.65. The normalized spacial score (nSPS) is 11.2. The van der Waals surface area contributed by atoms with Gasteiger partial charge in [0, 0.05) is 5.56 Å². The lowest BCUT2D eigenvalue weighted by Gasteiger charge is -2.19. The van der Waals surface area contributed by atoms with Crippen LogP contribution in [0.3, 0.4) is 0 Å². The predicted octanol–water partition coefficient (Wildman–Crippen LogP) is 4.70. The molecule has 0 aliphatic heterocycles.